The molecule has 2 heterocycles. The molecule has 2 amide bonds. The number of halogens is 2. The molecule has 1 aliphatic carbocycles. The van der Waals surface area contributed by atoms with E-state index in [1.54, 1.807) is 28.0 Å². The molecular formula is C26H34F2N4O5. The van der Waals surface area contributed by atoms with E-state index in [0.29, 0.717) is 72.0 Å². The summed E-state index contributed by atoms with van der Waals surface area (Å²) in [5.74, 6) is -0.0679. The van der Waals surface area contributed by atoms with Crippen LogP contribution in [-0.4, -0.2) is 85.5 Å². The van der Waals surface area contributed by atoms with Crippen molar-refractivity contribution in [2.75, 3.05) is 45.9 Å². The van der Waals surface area contributed by atoms with E-state index in [1.165, 1.54) is 6.07 Å². The molecule has 0 unspecified atom stereocenters. The molecule has 1 aromatic rings. The molecule has 0 spiro atoms. The van der Waals surface area contributed by atoms with Gasteiger partial charge in [0.25, 0.3) is 5.91 Å². The van der Waals surface area contributed by atoms with E-state index in [4.69, 9.17) is 19.9 Å². The monoisotopic (exact) mass is 520 g/mol. The van der Waals surface area contributed by atoms with E-state index in [9.17, 15) is 18.4 Å². The summed E-state index contributed by atoms with van der Waals surface area (Å²) in [5, 5.41) is 0. The van der Waals surface area contributed by atoms with Crippen molar-refractivity contribution in [2.24, 2.45) is 10.7 Å². The van der Waals surface area contributed by atoms with Crippen molar-refractivity contribution >= 4 is 17.5 Å². The number of carbonyl (C=O) groups is 2. The maximum atomic E-state index is 13.3. The number of carbonyl (C=O) groups excluding carboxylic acids is 2. The number of nitrogens with zero attached hydrogens (tertiary/aromatic N) is 3. The third-order valence-electron chi connectivity index (χ3n) is 6.67. The molecule has 202 valence electrons. The molecule has 2 aliphatic heterocycles. The number of piperidine rings is 1. The zero-order chi connectivity index (χ0) is 26.4. The van der Waals surface area contributed by atoms with Gasteiger partial charge in [0.15, 0.2) is 11.5 Å². The first-order chi connectivity index (χ1) is 17.7. The van der Waals surface area contributed by atoms with Crippen LogP contribution >= 0.6 is 0 Å². The Morgan fingerprint density at radius 1 is 1.08 bits per heavy atom. The van der Waals surface area contributed by atoms with Crippen LogP contribution in [-0.2, 0) is 14.3 Å². The van der Waals surface area contributed by atoms with Gasteiger partial charge in [0.05, 0.1) is 13.2 Å². The van der Waals surface area contributed by atoms with Crippen molar-refractivity contribution in [3.05, 3.63) is 35.5 Å². The number of nitrogens with two attached hydrogens (primary N) is 1. The smallest absolute Gasteiger partial charge is 0.395 e. The van der Waals surface area contributed by atoms with Crippen LogP contribution in [0.15, 0.2) is 40.5 Å². The number of likely N-dealkylation sites (tertiary alicyclic amines) is 1. The van der Waals surface area contributed by atoms with Crippen LogP contribution < -0.4 is 15.2 Å². The predicted molar refractivity (Wildman–Crippen MR) is 133 cm³/mol. The number of allylic oxidation sites excluding steroid dienone is 1. The summed E-state index contributed by atoms with van der Waals surface area (Å²) in [4.78, 5) is 33.5. The van der Waals surface area contributed by atoms with Gasteiger partial charge in [-0.25, -0.2) is 0 Å². The Morgan fingerprint density at radius 3 is 2.43 bits per heavy atom. The highest BCUT2D eigenvalue weighted by atomic mass is 19.3. The molecule has 37 heavy (non-hydrogen) atoms. The first-order valence-electron chi connectivity index (χ1n) is 12.7. The number of ether oxygens (including phenoxy) is 3. The lowest BCUT2D eigenvalue weighted by Crippen LogP contribution is -2.43. The fourth-order valence-electron chi connectivity index (χ4n) is 4.75. The molecule has 0 aromatic heterocycles. The van der Waals surface area contributed by atoms with Gasteiger partial charge in [0.2, 0.25) is 5.91 Å². The van der Waals surface area contributed by atoms with E-state index in [2.05, 4.69) is 4.99 Å². The lowest BCUT2D eigenvalue weighted by molar-refractivity contribution is -0.160. The van der Waals surface area contributed by atoms with E-state index in [-0.39, 0.29) is 41.7 Å². The molecule has 4 rings (SSSR count). The third kappa shape index (κ3) is 7.18. The minimum Gasteiger partial charge on any atom is -0.486 e. The van der Waals surface area contributed by atoms with Crippen LogP contribution in [0.3, 0.4) is 0 Å². The second-order valence-corrected chi connectivity index (χ2v) is 9.47. The standard InChI is InChI=1S/C26H34F2N4O5/c1-26(27,28)37-22-8-3-2-7-21(22)36-18-9-11-31(12-10-18)23(33)17-30-20-6-4-5-19(20)24(29)25(34)32-13-15-35-16-14-32/h2-3,7-8,18H,4-6,9-17,29H2,1H3/b24-19-,30-20?. The minimum atomic E-state index is -3.31. The van der Waals surface area contributed by atoms with Crippen LogP contribution in [0.2, 0.25) is 0 Å². The number of hydrogen-bond acceptors (Lipinski definition) is 7. The van der Waals surface area contributed by atoms with Gasteiger partial charge in [0, 0.05) is 57.2 Å². The number of para-hydroxylation sites is 2. The number of amides is 2. The van der Waals surface area contributed by atoms with Gasteiger partial charge in [0.1, 0.15) is 18.3 Å². The van der Waals surface area contributed by atoms with Gasteiger partial charge in [-0.1, -0.05) is 12.1 Å². The summed E-state index contributed by atoms with van der Waals surface area (Å²) in [6.07, 6.45) is -0.207. The van der Waals surface area contributed by atoms with E-state index in [0.717, 1.165) is 17.7 Å². The Balaban J connectivity index is 1.30. The number of benzene rings is 1. The van der Waals surface area contributed by atoms with Crippen LogP contribution in [0.25, 0.3) is 0 Å². The predicted octanol–water partition coefficient (Wildman–Crippen LogP) is 2.74. The SMILES string of the molecule is CC(F)(F)Oc1ccccc1OC1CCN(C(=O)CN=C2CCC/C2=C(/N)C(=O)N2CCOCC2)CC1. The molecule has 11 heteroatoms. The Kier molecular flexibility index (Phi) is 8.63. The molecule has 3 aliphatic rings. The molecule has 9 nitrogen and oxygen atoms in total. The van der Waals surface area contributed by atoms with E-state index in [1.807, 2.05) is 0 Å². The van der Waals surface area contributed by atoms with E-state index < -0.39 is 6.11 Å². The van der Waals surface area contributed by atoms with Crippen molar-refractivity contribution < 1.29 is 32.6 Å². The molecule has 3 fully saturated rings. The molecule has 0 atom stereocenters. The van der Waals surface area contributed by atoms with Gasteiger partial charge in [-0.15, -0.1) is 0 Å². The van der Waals surface area contributed by atoms with Crippen LogP contribution in [0.5, 0.6) is 11.5 Å². The second kappa shape index (κ2) is 11.9. The Bertz CT molecular complexity index is 1040. The van der Waals surface area contributed by atoms with Crippen LogP contribution in [0.1, 0.15) is 39.0 Å². The van der Waals surface area contributed by atoms with Gasteiger partial charge >= 0.3 is 6.11 Å². The number of alkyl halides is 2. The second-order valence-electron chi connectivity index (χ2n) is 9.47. The van der Waals surface area contributed by atoms with Crippen molar-refractivity contribution in [2.45, 2.75) is 51.2 Å². The van der Waals surface area contributed by atoms with Crippen LogP contribution in [0, 0.1) is 0 Å². The van der Waals surface area contributed by atoms with Gasteiger partial charge in [-0.05, 0) is 31.4 Å². The normalized spacial score (nSPS) is 21.8. The summed E-state index contributed by atoms with van der Waals surface area (Å²) >= 11 is 0. The van der Waals surface area contributed by atoms with Gasteiger partial charge < -0.3 is 29.7 Å². The molecule has 1 saturated carbocycles. The summed E-state index contributed by atoms with van der Waals surface area (Å²) in [7, 11) is 0. The minimum absolute atomic E-state index is 0.00830. The molecule has 0 radical (unpaired) electrons. The number of hydrogen-bond donors (Lipinski definition) is 1. The van der Waals surface area contributed by atoms with Gasteiger partial charge in [-0.3, -0.25) is 14.6 Å². The fraction of sp³-hybridized carbons (Fsp3) is 0.577. The Labute approximate surface area is 215 Å². The molecule has 2 N–H and O–H groups in total. The summed E-state index contributed by atoms with van der Waals surface area (Å²) in [6.45, 7) is 3.65. The first-order valence-corrected chi connectivity index (χ1v) is 12.7. The van der Waals surface area contributed by atoms with Crippen molar-refractivity contribution in [3.8, 4) is 11.5 Å². The average molecular weight is 521 g/mol. The summed E-state index contributed by atoms with van der Waals surface area (Å²) in [6, 6.07) is 6.34. The highest BCUT2D eigenvalue weighted by molar-refractivity contribution is 6.09. The first kappa shape index (κ1) is 26.8. The van der Waals surface area contributed by atoms with Crippen molar-refractivity contribution in [1.29, 1.82) is 0 Å². The zero-order valence-corrected chi connectivity index (χ0v) is 21.1. The Morgan fingerprint density at radius 2 is 1.76 bits per heavy atom. The maximum absolute atomic E-state index is 13.3. The summed E-state index contributed by atoms with van der Waals surface area (Å²) in [5.41, 5.74) is 7.92. The topological polar surface area (TPSA) is 107 Å². The summed E-state index contributed by atoms with van der Waals surface area (Å²) < 4.78 is 42.6. The lowest BCUT2D eigenvalue weighted by atomic mass is 10.1. The Hall–Kier alpha value is -3.21. The average Bonchev–Trinajstić information content (AvgIpc) is 3.36. The van der Waals surface area contributed by atoms with Crippen molar-refractivity contribution in [3.63, 3.8) is 0 Å². The quantitative estimate of drug-likeness (QED) is 0.554. The molecule has 0 bridgehead atoms. The highest BCUT2D eigenvalue weighted by Crippen LogP contribution is 2.33. The van der Waals surface area contributed by atoms with E-state index >= 15 is 0 Å². The fourth-order valence-corrected chi connectivity index (χ4v) is 4.75. The third-order valence-corrected chi connectivity index (χ3v) is 6.67. The highest BCUT2D eigenvalue weighted by Gasteiger charge is 2.29. The zero-order valence-electron chi connectivity index (χ0n) is 21.1. The molecule has 1 aromatic carbocycles. The number of aliphatic imine (C=N–C) groups is 1. The van der Waals surface area contributed by atoms with Crippen LogP contribution in [0.4, 0.5) is 8.78 Å². The largest absolute Gasteiger partial charge is 0.486 e. The maximum Gasteiger partial charge on any atom is 0.395 e. The molecular weight excluding hydrogens is 486 g/mol. The van der Waals surface area contributed by atoms with Crippen molar-refractivity contribution in [1.82, 2.24) is 9.80 Å². The van der Waals surface area contributed by atoms with Gasteiger partial charge in [-0.2, -0.15) is 8.78 Å². The number of rotatable bonds is 7. The number of morpholine rings is 1. The lowest BCUT2D eigenvalue weighted by Gasteiger charge is -2.32. The molecule has 2 saturated heterocycles.